The van der Waals surface area contributed by atoms with Crippen LogP contribution in [-0.4, -0.2) is 69.8 Å². The van der Waals surface area contributed by atoms with Gasteiger partial charge >= 0.3 is 6.03 Å². The van der Waals surface area contributed by atoms with Gasteiger partial charge in [0.05, 0.1) is 13.2 Å². The van der Waals surface area contributed by atoms with E-state index in [-0.39, 0.29) is 18.0 Å². The fraction of sp³-hybridized carbons (Fsp3) is 0.444. The van der Waals surface area contributed by atoms with Crippen molar-refractivity contribution in [2.45, 2.75) is 13.0 Å². The van der Waals surface area contributed by atoms with Gasteiger partial charge in [0, 0.05) is 38.8 Å². The van der Waals surface area contributed by atoms with Crippen molar-refractivity contribution in [1.29, 1.82) is 0 Å². The fourth-order valence-corrected chi connectivity index (χ4v) is 3.07. The van der Waals surface area contributed by atoms with Gasteiger partial charge in [-0.1, -0.05) is 0 Å². The Hall–Kier alpha value is -3.10. The summed E-state index contributed by atoms with van der Waals surface area (Å²) in [6.07, 6.45) is 1.46. The number of rotatable bonds is 4. The fourth-order valence-electron chi connectivity index (χ4n) is 3.07. The molecule has 144 valence electrons. The third kappa shape index (κ3) is 4.18. The molecule has 1 N–H and O–H groups in total. The van der Waals surface area contributed by atoms with E-state index in [9.17, 15) is 9.59 Å². The lowest BCUT2D eigenvalue weighted by atomic mass is 10.1. The predicted octanol–water partition coefficient (Wildman–Crippen LogP) is 1.05. The van der Waals surface area contributed by atoms with Gasteiger partial charge in [0.15, 0.2) is 0 Å². The molecule has 0 bridgehead atoms. The molecule has 0 aliphatic carbocycles. The number of benzene rings is 1. The number of aryl methyl sites for hydroxylation is 1. The van der Waals surface area contributed by atoms with Crippen LogP contribution in [-0.2, 0) is 7.05 Å². The van der Waals surface area contributed by atoms with Gasteiger partial charge in [0.1, 0.15) is 17.9 Å². The van der Waals surface area contributed by atoms with Crippen molar-refractivity contribution in [2.75, 3.05) is 33.3 Å². The van der Waals surface area contributed by atoms with E-state index >= 15 is 0 Å². The maximum Gasteiger partial charge on any atom is 0.318 e. The normalized spacial score (nSPS) is 15.4. The van der Waals surface area contributed by atoms with Gasteiger partial charge in [-0.2, -0.15) is 5.10 Å². The zero-order valence-corrected chi connectivity index (χ0v) is 15.8. The Bertz CT molecular complexity index is 796. The standard InChI is InChI=1S/C18H24N6O3/c1-13(16-19-12-20-22(16)2)21-18(26)24-10-8-23(9-11-24)17(25)14-4-6-15(27-3)7-5-14/h4-7,12-13H,8-11H2,1-3H3,(H,21,26)/t13-/m1/s1. The topological polar surface area (TPSA) is 92.6 Å². The number of urea groups is 1. The largest absolute Gasteiger partial charge is 0.497 e. The van der Waals surface area contributed by atoms with Gasteiger partial charge in [-0.25, -0.2) is 9.78 Å². The quantitative estimate of drug-likeness (QED) is 0.866. The Labute approximate surface area is 157 Å². The number of ether oxygens (including phenoxy) is 1. The van der Waals surface area contributed by atoms with Crippen LogP contribution in [0.5, 0.6) is 5.75 Å². The monoisotopic (exact) mass is 372 g/mol. The van der Waals surface area contributed by atoms with E-state index < -0.39 is 0 Å². The van der Waals surface area contributed by atoms with Crippen LogP contribution in [0.25, 0.3) is 0 Å². The summed E-state index contributed by atoms with van der Waals surface area (Å²) in [5.74, 6) is 1.37. The first-order valence-electron chi connectivity index (χ1n) is 8.82. The number of hydrogen-bond donors (Lipinski definition) is 1. The number of carbonyl (C=O) groups is 2. The van der Waals surface area contributed by atoms with Crippen molar-refractivity contribution in [3.8, 4) is 5.75 Å². The number of aromatic nitrogens is 3. The molecule has 27 heavy (non-hydrogen) atoms. The molecule has 1 aromatic carbocycles. The van der Waals surface area contributed by atoms with E-state index in [1.807, 2.05) is 6.92 Å². The Kier molecular flexibility index (Phi) is 5.58. The number of nitrogens with zero attached hydrogens (tertiary/aromatic N) is 5. The van der Waals surface area contributed by atoms with Crippen LogP contribution < -0.4 is 10.1 Å². The summed E-state index contributed by atoms with van der Waals surface area (Å²) in [5.41, 5.74) is 0.615. The maximum absolute atomic E-state index is 12.6. The Morgan fingerprint density at radius 3 is 2.30 bits per heavy atom. The van der Waals surface area contributed by atoms with Crippen LogP contribution in [0.1, 0.15) is 29.1 Å². The highest BCUT2D eigenvalue weighted by Gasteiger charge is 2.26. The molecule has 0 unspecified atom stereocenters. The zero-order chi connectivity index (χ0) is 19.4. The van der Waals surface area contributed by atoms with Gasteiger partial charge in [-0.05, 0) is 31.2 Å². The minimum atomic E-state index is -0.246. The number of hydrogen-bond acceptors (Lipinski definition) is 5. The Balaban J connectivity index is 1.52. The van der Waals surface area contributed by atoms with Crippen LogP contribution in [0.15, 0.2) is 30.6 Å². The summed E-state index contributed by atoms with van der Waals surface area (Å²) in [6.45, 7) is 3.83. The summed E-state index contributed by atoms with van der Waals surface area (Å²) in [4.78, 5) is 32.7. The number of nitrogens with one attached hydrogen (secondary N) is 1. The summed E-state index contributed by atoms with van der Waals surface area (Å²) < 4.78 is 6.75. The third-order valence-corrected chi connectivity index (χ3v) is 4.66. The molecule has 3 rings (SSSR count). The number of piperazine rings is 1. The van der Waals surface area contributed by atoms with Crippen molar-refractivity contribution < 1.29 is 14.3 Å². The van der Waals surface area contributed by atoms with Crippen LogP contribution in [0, 0.1) is 0 Å². The van der Waals surface area contributed by atoms with Crippen LogP contribution in [0.4, 0.5) is 4.79 Å². The van der Waals surface area contributed by atoms with Gasteiger partial charge in [0.2, 0.25) is 0 Å². The molecule has 0 radical (unpaired) electrons. The van der Waals surface area contributed by atoms with E-state index in [0.29, 0.717) is 43.3 Å². The SMILES string of the molecule is COc1ccc(C(=O)N2CCN(C(=O)N[C@H](C)c3ncnn3C)CC2)cc1. The molecule has 9 heteroatoms. The van der Waals surface area contributed by atoms with Gasteiger partial charge in [-0.3, -0.25) is 9.48 Å². The van der Waals surface area contributed by atoms with Crippen molar-refractivity contribution in [2.24, 2.45) is 7.05 Å². The second kappa shape index (κ2) is 8.07. The van der Waals surface area contributed by atoms with Crippen molar-refractivity contribution in [3.05, 3.63) is 42.0 Å². The maximum atomic E-state index is 12.6. The zero-order valence-electron chi connectivity index (χ0n) is 15.8. The van der Waals surface area contributed by atoms with Crippen molar-refractivity contribution >= 4 is 11.9 Å². The lowest BCUT2D eigenvalue weighted by molar-refractivity contribution is 0.0663. The molecule has 1 aliphatic heterocycles. The van der Waals surface area contributed by atoms with Crippen molar-refractivity contribution in [3.63, 3.8) is 0 Å². The van der Waals surface area contributed by atoms with E-state index in [1.165, 1.54) is 6.33 Å². The first kappa shape index (κ1) is 18.7. The summed E-state index contributed by atoms with van der Waals surface area (Å²) >= 11 is 0. The van der Waals surface area contributed by atoms with Gasteiger partial charge in [0.25, 0.3) is 5.91 Å². The molecule has 1 aromatic heterocycles. The highest BCUT2D eigenvalue weighted by atomic mass is 16.5. The molecule has 0 spiro atoms. The second-order valence-corrected chi connectivity index (χ2v) is 6.42. The van der Waals surface area contributed by atoms with E-state index in [2.05, 4.69) is 15.4 Å². The first-order chi connectivity index (χ1) is 13.0. The Morgan fingerprint density at radius 1 is 1.11 bits per heavy atom. The van der Waals surface area contributed by atoms with Crippen LogP contribution in [0.2, 0.25) is 0 Å². The molecule has 2 heterocycles. The summed E-state index contributed by atoms with van der Waals surface area (Å²) in [6, 6.07) is 6.63. The molecular formula is C18H24N6O3. The first-order valence-corrected chi connectivity index (χ1v) is 8.82. The van der Waals surface area contributed by atoms with Crippen LogP contribution in [0.3, 0.4) is 0 Å². The molecule has 3 amide bonds. The predicted molar refractivity (Wildman–Crippen MR) is 98.4 cm³/mol. The van der Waals surface area contributed by atoms with E-state index in [0.717, 1.165) is 0 Å². The summed E-state index contributed by atoms with van der Waals surface area (Å²) in [5, 5.41) is 6.94. The number of methoxy groups -OCH3 is 1. The minimum absolute atomic E-state index is 0.0369. The van der Waals surface area contributed by atoms with Crippen molar-refractivity contribution in [1.82, 2.24) is 29.9 Å². The molecule has 0 saturated carbocycles. The van der Waals surface area contributed by atoms with Gasteiger partial charge < -0.3 is 19.9 Å². The smallest absolute Gasteiger partial charge is 0.318 e. The molecule has 2 aromatic rings. The Morgan fingerprint density at radius 2 is 1.74 bits per heavy atom. The second-order valence-electron chi connectivity index (χ2n) is 6.42. The lowest BCUT2D eigenvalue weighted by Gasteiger charge is -2.35. The van der Waals surface area contributed by atoms with Gasteiger partial charge in [-0.15, -0.1) is 0 Å². The molecule has 9 nitrogen and oxygen atoms in total. The highest BCUT2D eigenvalue weighted by molar-refractivity contribution is 5.94. The minimum Gasteiger partial charge on any atom is -0.497 e. The summed E-state index contributed by atoms with van der Waals surface area (Å²) in [7, 11) is 3.38. The number of amides is 3. The molecule has 1 saturated heterocycles. The molecule has 1 aliphatic rings. The third-order valence-electron chi connectivity index (χ3n) is 4.66. The van der Waals surface area contributed by atoms with Crippen LogP contribution >= 0.6 is 0 Å². The van der Waals surface area contributed by atoms with E-state index in [1.54, 1.807) is 52.9 Å². The van der Waals surface area contributed by atoms with E-state index in [4.69, 9.17) is 4.74 Å². The molecule has 1 atom stereocenters. The molecule has 1 fully saturated rings. The average Bonchev–Trinajstić information content (AvgIpc) is 3.13. The lowest BCUT2D eigenvalue weighted by Crippen LogP contribution is -2.53. The average molecular weight is 372 g/mol. The highest BCUT2D eigenvalue weighted by Crippen LogP contribution is 2.15. The number of carbonyl (C=O) groups excluding carboxylic acids is 2. The molecular weight excluding hydrogens is 348 g/mol.